The third kappa shape index (κ3) is 4.16. The number of nitrogens with one attached hydrogen (secondary N) is 1. The summed E-state index contributed by atoms with van der Waals surface area (Å²) >= 11 is 0. The number of esters is 1. The molecular formula is C14H28N2O3. The fraction of sp³-hybridized carbons (Fsp3) is 0.929. The van der Waals surface area contributed by atoms with E-state index < -0.39 is 5.54 Å². The Labute approximate surface area is 116 Å². The van der Waals surface area contributed by atoms with E-state index in [0.29, 0.717) is 12.5 Å². The zero-order valence-electron chi connectivity index (χ0n) is 12.7. The van der Waals surface area contributed by atoms with Gasteiger partial charge in [-0.1, -0.05) is 13.8 Å². The first kappa shape index (κ1) is 16.4. The topological polar surface area (TPSA) is 50.8 Å². The predicted molar refractivity (Wildman–Crippen MR) is 75.1 cm³/mol. The van der Waals surface area contributed by atoms with E-state index in [1.165, 1.54) is 7.11 Å². The first-order valence-electron chi connectivity index (χ1n) is 7.19. The van der Waals surface area contributed by atoms with Gasteiger partial charge in [0, 0.05) is 20.2 Å². The molecule has 1 N–H and O–H groups in total. The van der Waals surface area contributed by atoms with Crippen LogP contribution in [0.15, 0.2) is 0 Å². The second kappa shape index (κ2) is 7.82. The summed E-state index contributed by atoms with van der Waals surface area (Å²) < 4.78 is 10.2. The van der Waals surface area contributed by atoms with Gasteiger partial charge in [0.15, 0.2) is 0 Å². The molecule has 0 spiro atoms. The van der Waals surface area contributed by atoms with E-state index >= 15 is 0 Å². The highest BCUT2D eigenvalue weighted by molar-refractivity contribution is 5.82. The van der Waals surface area contributed by atoms with E-state index in [4.69, 9.17) is 9.47 Å². The van der Waals surface area contributed by atoms with Gasteiger partial charge in [0.05, 0.1) is 13.7 Å². The van der Waals surface area contributed by atoms with Crippen LogP contribution >= 0.6 is 0 Å². The van der Waals surface area contributed by atoms with Crippen LogP contribution in [0, 0.1) is 5.92 Å². The van der Waals surface area contributed by atoms with Crippen LogP contribution in [0.3, 0.4) is 0 Å². The molecule has 0 amide bonds. The fourth-order valence-corrected chi connectivity index (χ4v) is 2.57. The van der Waals surface area contributed by atoms with Crippen LogP contribution in [0.1, 0.15) is 26.7 Å². The van der Waals surface area contributed by atoms with Crippen LogP contribution in [0.5, 0.6) is 0 Å². The summed E-state index contributed by atoms with van der Waals surface area (Å²) in [7, 11) is 3.08. The molecule has 1 fully saturated rings. The lowest BCUT2D eigenvalue weighted by molar-refractivity contribution is -0.152. The van der Waals surface area contributed by atoms with Crippen molar-refractivity contribution >= 4 is 5.97 Å². The molecule has 1 aliphatic carbocycles. The van der Waals surface area contributed by atoms with Crippen molar-refractivity contribution in [1.82, 2.24) is 10.2 Å². The molecule has 1 atom stereocenters. The highest BCUT2D eigenvalue weighted by Gasteiger charge is 2.51. The number of likely N-dealkylation sites (N-methyl/N-ethyl adjacent to an activating group) is 1. The molecule has 0 aromatic rings. The van der Waals surface area contributed by atoms with Gasteiger partial charge in [-0.05, 0) is 31.8 Å². The molecule has 0 aromatic carbocycles. The highest BCUT2D eigenvalue weighted by Crippen LogP contribution is 2.40. The van der Waals surface area contributed by atoms with Gasteiger partial charge in [-0.15, -0.1) is 0 Å². The Hall–Kier alpha value is -0.650. The van der Waals surface area contributed by atoms with Crippen LogP contribution in [-0.2, 0) is 14.3 Å². The molecule has 5 heteroatoms. The number of hydrogen-bond acceptors (Lipinski definition) is 5. The van der Waals surface area contributed by atoms with Gasteiger partial charge < -0.3 is 14.4 Å². The number of rotatable bonds is 10. The Morgan fingerprint density at radius 3 is 2.37 bits per heavy atom. The van der Waals surface area contributed by atoms with Gasteiger partial charge in [0.2, 0.25) is 0 Å². The predicted octanol–water partition coefficient (Wildman–Crippen LogP) is 0.886. The molecule has 0 aliphatic heterocycles. The average Bonchev–Trinajstić information content (AvgIpc) is 3.26. The summed E-state index contributed by atoms with van der Waals surface area (Å²) in [6.45, 7) is 8.43. The lowest BCUT2D eigenvalue weighted by Crippen LogP contribution is -2.59. The molecule has 0 heterocycles. The molecule has 19 heavy (non-hydrogen) atoms. The van der Waals surface area contributed by atoms with E-state index in [9.17, 15) is 4.79 Å². The standard InChI is InChI=1S/C14H28N2O3/c1-5-16(6-2)10-9-15-14(11-18-3,12-7-8-12)13(17)19-4/h12,15H,5-11H2,1-4H3. The van der Waals surface area contributed by atoms with E-state index in [2.05, 4.69) is 24.1 Å². The van der Waals surface area contributed by atoms with Crippen molar-refractivity contribution in [2.45, 2.75) is 32.2 Å². The molecule has 0 saturated heterocycles. The molecular weight excluding hydrogens is 244 g/mol. The Morgan fingerprint density at radius 1 is 1.32 bits per heavy atom. The van der Waals surface area contributed by atoms with Gasteiger partial charge in [-0.25, -0.2) is 4.79 Å². The third-order valence-corrected chi connectivity index (χ3v) is 3.96. The Bertz CT molecular complexity index is 278. The normalized spacial score (nSPS) is 18.4. The summed E-state index contributed by atoms with van der Waals surface area (Å²) in [4.78, 5) is 14.5. The van der Waals surface area contributed by atoms with Crippen LogP contribution in [0.25, 0.3) is 0 Å². The first-order valence-corrected chi connectivity index (χ1v) is 7.19. The Kier molecular flexibility index (Phi) is 6.75. The number of methoxy groups -OCH3 is 2. The minimum atomic E-state index is -0.656. The zero-order valence-corrected chi connectivity index (χ0v) is 12.7. The maximum Gasteiger partial charge on any atom is 0.328 e. The van der Waals surface area contributed by atoms with Crippen molar-refractivity contribution in [3.05, 3.63) is 0 Å². The second-order valence-corrected chi connectivity index (χ2v) is 5.12. The van der Waals surface area contributed by atoms with Gasteiger partial charge in [0.1, 0.15) is 5.54 Å². The van der Waals surface area contributed by atoms with Gasteiger partial charge in [0.25, 0.3) is 0 Å². The first-order chi connectivity index (χ1) is 9.14. The van der Waals surface area contributed by atoms with Gasteiger partial charge in [-0.3, -0.25) is 5.32 Å². The molecule has 5 nitrogen and oxygen atoms in total. The smallest absolute Gasteiger partial charge is 0.328 e. The van der Waals surface area contributed by atoms with Crippen molar-refractivity contribution in [2.75, 3.05) is 47.0 Å². The number of ether oxygens (including phenoxy) is 2. The number of nitrogens with zero attached hydrogens (tertiary/aromatic N) is 1. The third-order valence-electron chi connectivity index (χ3n) is 3.96. The van der Waals surface area contributed by atoms with Crippen molar-refractivity contribution in [3.8, 4) is 0 Å². The molecule has 112 valence electrons. The van der Waals surface area contributed by atoms with Gasteiger partial charge in [-0.2, -0.15) is 0 Å². The summed E-state index contributed by atoms with van der Waals surface area (Å²) in [5, 5.41) is 3.40. The quantitative estimate of drug-likeness (QED) is 0.599. The van der Waals surface area contributed by atoms with Crippen molar-refractivity contribution in [1.29, 1.82) is 0 Å². The van der Waals surface area contributed by atoms with Crippen LogP contribution < -0.4 is 5.32 Å². The van der Waals surface area contributed by atoms with Crippen LogP contribution in [0.4, 0.5) is 0 Å². The second-order valence-electron chi connectivity index (χ2n) is 5.12. The summed E-state index contributed by atoms with van der Waals surface area (Å²) in [6.07, 6.45) is 2.13. The largest absolute Gasteiger partial charge is 0.468 e. The van der Waals surface area contributed by atoms with Crippen LogP contribution in [0.2, 0.25) is 0 Å². The van der Waals surface area contributed by atoms with Crippen molar-refractivity contribution in [3.63, 3.8) is 0 Å². The van der Waals surface area contributed by atoms with Gasteiger partial charge >= 0.3 is 5.97 Å². The lowest BCUT2D eigenvalue weighted by atomic mass is 9.94. The molecule has 0 bridgehead atoms. The highest BCUT2D eigenvalue weighted by atomic mass is 16.5. The van der Waals surface area contributed by atoms with E-state index in [-0.39, 0.29) is 5.97 Å². The minimum absolute atomic E-state index is 0.198. The number of carbonyl (C=O) groups is 1. The zero-order chi connectivity index (χ0) is 14.3. The maximum absolute atomic E-state index is 12.1. The molecule has 1 aliphatic rings. The lowest BCUT2D eigenvalue weighted by Gasteiger charge is -2.32. The van der Waals surface area contributed by atoms with E-state index in [1.807, 2.05) is 0 Å². The Morgan fingerprint density at radius 2 is 1.95 bits per heavy atom. The molecule has 0 radical (unpaired) electrons. The average molecular weight is 272 g/mol. The van der Waals surface area contributed by atoms with Crippen molar-refractivity contribution < 1.29 is 14.3 Å². The van der Waals surface area contributed by atoms with Crippen LogP contribution in [-0.4, -0.2) is 63.4 Å². The maximum atomic E-state index is 12.1. The molecule has 1 unspecified atom stereocenters. The number of hydrogen-bond donors (Lipinski definition) is 1. The monoisotopic (exact) mass is 272 g/mol. The van der Waals surface area contributed by atoms with E-state index in [1.54, 1.807) is 7.11 Å². The molecule has 0 aromatic heterocycles. The Balaban J connectivity index is 2.60. The molecule has 1 saturated carbocycles. The summed E-state index contributed by atoms with van der Waals surface area (Å²) in [5.41, 5.74) is -0.656. The molecule has 1 rings (SSSR count). The fourth-order valence-electron chi connectivity index (χ4n) is 2.57. The SMILES string of the molecule is CCN(CC)CCNC(COC)(C(=O)OC)C1CC1. The summed E-state index contributed by atoms with van der Waals surface area (Å²) in [5.74, 6) is 0.146. The van der Waals surface area contributed by atoms with Crippen molar-refractivity contribution in [2.24, 2.45) is 5.92 Å². The van der Waals surface area contributed by atoms with E-state index in [0.717, 1.165) is 39.0 Å². The summed E-state index contributed by atoms with van der Waals surface area (Å²) in [6, 6.07) is 0. The minimum Gasteiger partial charge on any atom is -0.468 e. The number of carbonyl (C=O) groups excluding carboxylic acids is 1.